The van der Waals surface area contributed by atoms with Crippen LogP contribution in [0.5, 0.6) is 6.01 Å². The fraction of sp³-hybridized carbons (Fsp3) is 0.455. The molecule has 1 aliphatic carbocycles. The zero-order valence-corrected chi connectivity index (χ0v) is 30.4. The van der Waals surface area contributed by atoms with Crippen molar-refractivity contribution in [1.29, 1.82) is 0 Å². The van der Waals surface area contributed by atoms with Crippen molar-refractivity contribution < 1.29 is 40.7 Å². The van der Waals surface area contributed by atoms with Crippen molar-refractivity contribution >= 4 is 45.5 Å². The first-order valence-electron chi connectivity index (χ1n) is 16.2. The molecule has 0 atom stereocenters. The first kappa shape index (κ1) is 41.4. The van der Waals surface area contributed by atoms with Crippen LogP contribution in [0.25, 0.3) is 0 Å². The molecule has 1 fully saturated rings. The van der Waals surface area contributed by atoms with Crippen LogP contribution >= 0.6 is 0 Å². The van der Waals surface area contributed by atoms with Gasteiger partial charge in [0.15, 0.2) is 6.61 Å². The summed E-state index contributed by atoms with van der Waals surface area (Å²) >= 11 is 0. The van der Waals surface area contributed by atoms with Crippen LogP contribution in [-0.2, 0) is 19.8 Å². The molecular formula is C33H44F3N9O6S. The van der Waals surface area contributed by atoms with E-state index in [1.807, 2.05) is 37.6 Å². The average molecular weight is 752 g/mol. The van der Waals surface area contributed by atoms with Crippen LogP contribution in [0.3, 0.4) is 0 Å². The molecule has 1 saturated carbocycles. The van der Waals surface area contributed by atoms with Crippen LogP contribution in [0.2, 0.25) is 0 Å². The molecule has 1 aliphatic rings. The Hall–Kier alpha value is -5.04. The molecule has 15 nitrogen and oxygen atoms in total. The number of benzene rings is 1. The van der Waals surface area contributed by atoms with E-state index in [4.69, 9.17) is 4.74 Å². The molecule has 3 rings (SSSR count). The molecule has 284 valence electrons. The Bertz CT molecular complexity index is 1790. The number of nitrogens with zero attached hydrogens (tertiary/aromatic N) is 4. The number of ether oxygens (including phenoxy) is 1. The fourth-order valence-electron chi connectivity index (χ4n) is 4.26. The number of carbonyl (C=O) groups excluding carboxylic acids is 3. The SMILES string of the molecule is C=C(C)/C(C)=C\C=C(/C)C1(Nc2nc(Nc3ccc(C(=O)NCCCC(=O)NCCC(=O)NS(=O)(=O)N(C)C)cc3)nc(OCC(F)(F)F)n2)CC1. The summed E-state index contributed by atoms with van der Waals surface area (Å²) in [6.07, 6.45) is 0.929. The summed E-state index contributed by atoms with van der Waals surface area (Å²) in [6.45, 7) is 8.24. The van der Waals surface area contributed by atoms with E-state index in [1.54, 1.807) is 12.1 Å². The van der Waals surface area contributed by atoms with Gasteiger partial charge in [-0.25, -0.2) is 4.72 Å². The number of alkyl halides is 3. The van der Waals surface area contributed by atoms with Gasteiger partial charge >= 0.3 is 22.4 Å². The van der Waals surface area contributed by atoms with Crippen molar-refractivity contribution in [2.45, 2.75) is 64.6 Å². The van der Waals surface area contributed by atoms with Gasteiger partial charge in [0.1, 0.15) is 0 Å². The molecule has 0 saturated heterocycles. The van der Waals surface area contributed by atoms with E-state index >= 15 is 0 Å². The van der Waals surface area contributed by atoms with Gasteiger partial charge in [-0.2, -0.15) is 40.8 Å². The lowest BCUT2D eigenvalue weighted by molar-refractivity contribution is -0.154. The second-order valence-corrected chi connectivity index (χ2v) is 14.2. The van der Waals surface area contributed by atoms with Gasteiger partial charge in [-0.05, 0) is 75.4 Å². The molecule has 1 aromatic heterocycles. The maximum atomic E-state index is 12.9. The van der Waals surface area contributed by atoms with Crippen molar-refractivity contribution in [3.8, 4) is 6.01 Å². The maximum absolute atomic E-state index is 12.9. The average Bonchev–Trinajstić information content (AvgIpc) is 3.84. The van der Waals surface area contributed by atoms with Crippen LogP contribution in [0, 0.1) is 0 Å². The molecule has 52 heavy (non-hydrogen) atoms. The zero-order valence-electron chi connectivity index (χ0n) is 29.6. The van der Waals surface area contributed by atoms with Gasteiger partial charge in [-0.1, -0.05) is 24.3 Å². The molecule has 0 bridgehead atoms. The highest BCUT2D eigenvalue weighted by atomic mass is 32.2. The Morgan fingerprint density at radius 2 is 1.60 bits per heavy atom. The van der Waals surface area contributed by atoms with Gasteiger partial charge in [0, 0.05) is 51.3 Å². The van der Waals surface area contributed by atoms with Gasteiger partial charge in [-0.15, -0.1) is 0 Å². The van der Waals surface area contributed by atoms with Gasteiger partial charge < -0.3 is 26.0 Å². The van der Waals surface area contributed by atoms with Crippen molar-refractivity contribution in [3.05, 3.63) is 65.3 Å². The second kappa shape index (κ2) is 17.9. The van der Waals surface area contributed by atoms with E-state index in [9.17, 15) is 36.0 Å². The molecule has 0 aliphatic heterocycles. The fourth-order valence-corrected chi connectivity index (χ4v) is 4.84. The molecule has 0 spiro atoms. The number of halogens is 3. The Balaban J connectivity index is 1.55. The number of anilines is 3. The van der Waals surface area contributed by atoms with Crippen LogP contribution in [0.1, 0.15) is 63.2 Å². The molecule has 5 N–H and O–H groups in total. The van der Waals surface area contributed by atoms with E-state index in [-0.39, 0.29) is 43.7 Å². The third kappa shape index (κ3) is 13.6. The molecule has 0 radical (unpaired) electrons. The van der Waals surface area contributed by atoms with Crippen molar-refractivity contribution in [2.24, 2.45) is 0 Å². The van der Waals surface area contributed by atoms with Gasteiger partial charge in [0.2, 0.25) is 23.7 Å². The van der Waals surface area contributed by atoms with Gasteiger partial charge in [0.25, 0.3) is 5.91 Å². The van der Waals surface area contributed by atoms with Crippen molar-refractivity contribution in [3.63, 3.8) is 0 Å². The standard InChI is InChI=1S/C33H44F3N9O6S/c1-21(2)22(3)9-10-23(4)32(16-17-32)43-30-40-29(41-31(42-30)51-20-33(34,35)36)39-25-13-11-24(12-14-25)28(48)38-18-7-8-26(46)37-19-15-27(47)44-52(49,50)45(5)6/h9-14H,1,7-8,15-20H2,2-6H3,(H,37,46)(H,38,48)(H,44,47)(H2,39,40,41,42,43)/b22-9-,23-10+. The van der Waals surface area contributed by atoms with E-state index < -0.39 is 46.4 Å². The number of nitrogens with one attached hydrogen (secondary N) is 5. The maximum Gasteiger partial charge on any atom is 0.422 e. The number of amides is 3. The first-order chi connectivity index (χ1) is 24.3. The number of hydrogen-bond donors (Lipinski definition) is 5. The molecule has 1 aromatic carbocycles. The van der Waals surface area contributed by atoms with Crippen LogP contribution in [-0.4, -0.2) is 90.9 Å². The molecule has 0 unspecified atom stereocenters. The summed E-state index contributed by atoms with van der Waals surface area (Å²) in [5.74, 6) is -1.61. The summed E-state index contributed by atoms with van der Waals surface area (Å²) in [5.41, 5.74) is 3.16. The summed E-state index contributed by atoms with van der Waals surface area (Å²) in [5, 5.41) is 11.3. The first-order valence-corrected chi connectivity index (χ1v) is 17.6. The van der Waals surface area contributed by atoms with E-state index in [0.29, 0.717) is 17.7 Å². The Labute approximate surface area is 300 Å². The van der Waals surface area contributed by atoms with Gasteiger partial charge in [-0.3, -0.25) is 14.4 Å². The Morgan fingerprint density at radius 1 is 0.942 bits per heavy atom. The highest BCUT2D eigenvalue weighted by molar-refractivity contribution is 7.87. The Morgan fingerprint density at radius 3 is 2.19 bits per heavy atom. The summed E-state index contributed by atoms with van der Waals surface area (Å²) in [4.78, 5) is 48.8. The highest BCUT2D eigenvalue weighted by Gasteiger charge is 2.45. The number of carbonyl (C=O) groups is 3. The van der Waals surface area contributed by atoms with Crippen LogP contribution in [0.15, 0.2) is 59.7 Å². The zero-order chi connectivity index (χ0) is 38.7. The summed E-state index contributed by atoms with van der Waals surface area (Å²) < 4.78 is 69.6. The monoisotopic (exact) mass is 751 g/mol. The normalized spacial score (nSPS) is 14.3. The second-order valence-electron chi connectivity index (χ2n) is 12.3. The smallest absolute Gasteiger partial charge is 0.422 e. The highest BCUT2D eigenvalue weighted by Crippen LogP contribution is 2.44. The minimum atomic E-state index is -4.61. The number of aromatic nitrogens is 3. The lowest BCUT2D eigenvalue weighted by Crippen LogP contribution is -2.40. The summed E-state index contributed by atoms with van der Waals surface area (Å²) in [7, 11) is -1.37. The predicted molar refractivity (Wildman–Crippen MR) is 189 cm³/mol. The number of allylic oxidation sites excluding steroid dienone is 4. The largest absolute Gasteiger partial charge is 0.454 e. The molecule has 1 heterocycles. The quantitative estimate of drug-likeness (QED) is 0.103. The predicted octanol–water partition coefficient (Wildman–Crippen LogP) is 3.91. The number of rotatable bonds is 19. The topological polar surface area (TPSA) is 197 Å². The van der Waals surface area contributed by atoms with E-state index in [1.165, 1.54) is 26.2 Å². The molecule has 19 heteroatoms. The van der Waals surface area contributed by atoms with E-state index in [0.717, 1.165) is 33.9 Å². The Kier molecular flexibility index (Phi) is 14.3. The number of hydrogen-bond acceptors (Lipinski definition) is 11. The third-order valence-corrected chi connectivity index (χ3v) is 9.21. The lowest BCUT2D eigenvalue weighted by Gasteiger charge is -2.19. The minimum absolute atomic E-state index is 0.0196. The molecule has 2 aromatic rings. The minimum Gasteiger partial charge on any atom is -0.454 e. The third-order valence-electron chi connectivity index (χ3n) is 7.76. The lowest BCUT2D eigenvalue weighted by atomic mass is 10.0. The van der Waals surface area contributed by atoms with Crippen LogP contribution < -0.4 is 30.7 Å². The summed E-state index contributed by atoms with van der Waals surface area (Å²) in [6, 6.07) is 5.61. The molecule has 3 amide bonds. The van der Waals surface area contributed by atoms with Gasteiger partial charge in [0.05, 0.1) is 5.54 Å². The molecular weight excluding hydrogens is 707 g/mol. The van der Waals surface area contributed by atoms with Crippen LogP contribution in [0.4, 0.5) is 30.8 Å². The van der Waals surface area contributed by atoms with Crippen molar-refractivity contribution in [2.75, 3.05) is 44.4 Å². The van der Waals surface area contributed by atoms with E-state index in [2.05, 4.69) is 42.8 Å². The van der Waals surface area contributed by atoms with Crippen molar-refractivity contribution in [1.82, 2.24) is 34.6 Å².